The molecule has 2 fully saturated rings. The minimum absolute atomic E-state index is 0.0202. The van der Waals surface area contributed by atoms with Crippen LogP contribution in [0.1, 0.15) is 50.2 Å². The van der Waals surface area contributed by atoms with Gasteiger partial charge in [-0.2, -0.15) is 0 Å². The van der Waals surface area contributed by atoms with E-state index in [-0.39, 0.29) is 29.3 Å². The molecule has 230 valence electrons. The lowest BCUT2D eigenvalue weighted by Crippen LogP contribution is -2.41. The van der Waals surface area contributed by atoms with E-state index in [2.05, 4.69) is 27.7 Å². The summed E-state index contributed by atoms with van der Waals surface area (Å²) < 4.78 is 11.4. The first-order valence-electron chi connectivity index (χ1n) is 13.8. The lowest BCUT2D eigenvalue weighted by atomic mass is 9.73. The zero-order valence-electron chi connectivity index (χ0n) is 24.9. The molecule has 4 rings (SSSR count). The van der Waals surface area contributed by atoms with Gasteiger partial charge in [-0.1, -0.05) is 39.3 Å². The van der Waals surface area contributed by atoms with Gasteiger partial charge >= 0.3 is 6.09 Å². The highest BCUT2D eigenvalue weighted by Gasteiger charge is 2.35. The number of nitrogens with two attached hydrogens (primary N) is 1. The molecule has 0 bridgehead atoms. The van der Waals surface area contributed by atoms with Gasteiger partial charge in [0.2, 0.25) is 5.91 Å². The molecule has 2 aromatic rings. The summed E-state index contributed by atoms with van der Waals surface area (Å²) >= 11 is 6.78. The quantitative estimate of drug-likeness (QED) is 0.377. The number of nitrogens with zero attached hydrogens (tertiary/aromatic N) is 3. The van der Waals surface area contributed by atoms with Crippen molar-refractivity contribution >= 4 is 58.5 Å². The normalized spacial score (nSPS) is 17.5. The van der Waals surface area contributed by atoms with Gasteiger partial charge in [0.1, 0.15) is 12.7 Å². The molecule has 10 nitrogen and oxygen atoms in total. The van der Waals surface area contributed by atoms with Crippen LogP contribution in [-0.2, 0) is 19.1 Å². The van der Waals surface area contributed by atoms with Crippen LogP contribution in [0, 0.1) is 10.8 Å². The Bertz CT molecular complexity index is 1250. The highest BCUT2D eigenvalue weighted by atomic mass is 35.5. The van der Waals surface area contributed by atoms with Gasteiger partial charge in [-0.15, -0.1) is 11.3 Å². The number of carbonyl (C=O) groups excluding carboxylic acids is 4. The van der Waals surface area contributed by atoms with E-state index in [1.54, 1.807) is 46.0 Å². The first-order chi connectivity index (χ1) is 19.7. The van der Waals surface area contributed by atoms with E-state index < -0.39 is 12.2 Å². The van der Waals surface area contributed by atoms with Crippen LogP contribution in [0.5, 0.6) is 0 Å². The molecule has 0 spiro atoms. The van der Waals surface area contributed by atoms with Crippen molar-refractivity contribution in [3.05, 3.63) is 45.6 Å². The van der Waals surface area contributed by atoms with Crippen molar-refractivity contribution in [2.75, 3.05) is 56.2 Å². The maximum atomic E-state index is 12.9. The fraction of sp³-hybridized carbons (Fsp3) is 0.533. The van der Waals surface area contributed by atoms with Crippen LogP contribution in [-0.4, -0.2) is 81.6 Å². The molecule has 1 unspecified atom stereocenters. The predicted octanol–water partition coefficient (Wildman–Crippen LogP) is 4.84. The summed E-state index contributed by atoms with van der Waals surface area (Å²) in [5.74, 6) is -0.0611. The second-order valence-electron chi connectivity index (χ2n) is 12.2. The molecule has 2 N–H and O–H groups in total. The van der Waals surface area contributed by atoms with Crippen molar-refractivity contribution in [1.29, 1.82) is 0 Å². The first kappa shape index (κ1) is 33.5. The number of benzene rings is 1. The minimum atomic E-state index is -0.439. The Morgan fingerprint density at radius 1 is 1.10 bits per heavy atom. The van der Waals surface area contributed by atoms with Crippen LogP contribution in [0.4, 0.5) is 16.2 Å². The minimum Gasteiger partial charge on any atom is -0.442 e. The summed E-state index contributed by atoms with van der Waals surface area (Å²) in [6.45, 7) is 10.7. The molecule has 0 aliphatic carbocycles. The summed E-state index contributed by atoms with van der Waals surface area (Å²) in [6.07, 6.45) is 1.18. The van der Waals surface area contributed by atoms with Gasteiger partial charge in [0, 0.05) is 31.4 Å². The number of aldehydes is 1. The largest absolute Gasteiger partial charge is 0.442 e. The molecule has 12 heteroatoms. The van der Waals surface area contributed by atoms with Gasteiger partial charge in [0.05, 0.1) is 28.9 Å². The number of amides is 3. The Morgan fingerprint density at radius 3 is 2.26 bits per heavy atom. The van der Waals surface area contributed by atoms with E-state index in [1.807, 2.05) is 12.1 Å². The zero-order valence-corrected chi connectivity index (χ0v) is 26.5. The van der Waals surface area contributed by atoms with Crippen molar-refractivity contribution in [2.24, 2.45) is 16.6 Å². The maximum absolute atomic E-state index is 12.9. The molecule has 42 heavy (non-hydrogen) atoms. The van der Waals surface area contributed by atoms with Crippen LogP contribution >= 0.6 is 22.9 Å². The Labute approximate surface area is 256 Å². The monoisotopic (exact) mass is 620 g/mol. The number of hydrogen-bond acceptors (Lipinski definition) is 8. The van der Waals surface area contributed by atoms with Gasteiger partial charge in [-0.25, -0.2) is 4.79 Å². The highest BCUT2D eigenvalue weighted by Crippen LogP contribution is 2.36. The van der Waals surface area contributed by atoms with Crippen molar-refractivity contribution in [1.82, 2.24) is 4.90 Å². The summed E-state index contributed by atoms with van der Waals surface area (Å²) in [6, 6.07) is 10.6. The lowest BCUT2D eigenvalue weighted by molar-refractivity contribution is -0.133. The third kappa shape index (κ3) is 9.52. The standard InChI is InChI=1S/C25H38N4O5.C5H3ClOS/c1-24(2,16-25(3,4)17-26)12-21(30)27(5)13-20-14-29(23(32)34-20)19-8-6-18(7-9-19)28-10-11-33-15-22(28)31;6-5-2-1-4(3-7)8-5/h6-9,20H,10-17,26H2,1-5H3;1-3H. The summed E-state index contributed by atoms with van der Waals surface area (Å²) in [4.78, 5) is 52.9. The number of ether oxygens (including phenoxy) is 2. The molecule has 2 saturated heterocycles. The summed E-state index contributed by atoms with van der Waals surface area (Å²) in [5, 5.41) is 0. The summed E-state index contributed by atoms with van der Waals surface area (Å²) in [5.41, 5.74) is 7.11. The molecular formula is C30H41ClN4O6S. The van der Waals surface area contributed by atoms with Gasteiger partial charge in [-0.05, 0) is 60.2 Å². The van der Waals surface area contributed by atoms with Crippen LogP contribution in [0.25, 0.3) is 0 Å². The molecule has 3 heterocycles. The predicted molar refractivity (Wildman–Crippen MR) is 165 cm³/mol. The van der Waals surface area contributed by atoms with E-state index >= 15 is 0 Å². The van der Waals surface area contributed by atoms with Crippen molar-refractivity contribution in [3.63, 3.8) is 0 Å². The first-order valence-corrected chi connectivity index (χ1v) is 15.0. The van der Waals surface area contributed by atoms with Crippen LogP contribution in [0.2, 0.25) is 4.34 Å². The zero-order chi connectivity index (χ0) is 31.1. The van der Waals surface area contributed by atoms with Crippen molar-refractivity contribution in [3.8, 4) is 0 Å². The molecule has 1 aromatic heterocycles. The number of cyclic esters (lactones) is 1. The van der Waals surface area contributed by atoms with Crippen molar-refractivity contribution < 1.29 is 28.7 Å². The Hall–Kier alpha value is -2.99. The number of likely N-dealkylation sites (N-methyl/N-ethyl adjacent to an activating group) is 1. The lowest BCUT2D eigenvalue weighted by Gasteiger charge is -2.35. The van der Waals surface area contributed by atoms with Gasteiger partial charge < -0.3 is 25.0 Å². The van der Waals surface area contributed by atoms with Crippen LogP contribution < -0.4 is 15.5 Å². The summed E-state index contributed by atoms with van der Waals surface area (Å²) in [7, 11) is 1.75. The van der Waals surface area contributed by atoms with E-state index in [4.69, 9.17) is 26.8 Å². The van der Waals surface area contributed by atoms with Crippen LogP contribution in [0.15, 0.2) is 36.4 Å². The number of carbonyl (C=O) groups is 4. The Balaban J connectivity index is 0.000000521. The second-order valence-corrected chi connectivity index (χ2v) is 13.9. The average Bonchev–Trinajstić information content (AvgIpc) is 3.53. The molecular weight excluding hydrogens is 580 g/mol. The number of anilines is 2. The molecule has 0 radical (unpaired) electrons. The van der Waals surface area contributed by atoms with E-state index in [0.717, 1.165) is 18.4 Å². The molecule has 1 aromatic carbocycles. The van der Waals surface area contributed by atoms with Gasteiger partial charge in [0.15, 0.2) is 6.29 Å². The maximum Gasteiger partial charge on any atom is 0.414 e. The number of halogens is 1. The van der Waals surface area contributed by atoms with Crippen molar-refractivity contribution in [2.45, 2.75) is 46.6 Å². The molecule has 1 atom stereocenters. The fourth-order valence-electron chi connectivity index (χ4n) is 5.20. The number of rotatable bonds is 10. The van der Waals surface area contributed by atoms with Gasteiger partial charge in [-0.3, -0.25) is 19.3 Å². The van der Waals surface area contributed by atoms with E-state index in [9.17, 15) is 19.2 Å². The number of hydrogen-bond donors (Lipinski definition) is 1. The van der Waals surface area contributed by atoms with Gasteiger partial charge in [0.25, 0.3) is 5.91 Å². The average molecular weight is 621 g/mol. The fourth-order valence-corrected chi connectivity index (χ4v) is 6.08. The number of morpholine rings is 1. The molecule has 0 saturated carbocycles. The Morgan fingerprint density at radius 2 is 1.74 bits per heavy atom. The van der Waals surface area contributed by atoms with Crippen LogP contribution in [0.3, 0.4) is 0 Å². The highest BCUT2D eigenvalue weighted by molar-refractivity contribution is 7.17. The SMILES string of the molecule is CN(CC1CN(c2ccc(N3CCOCC3=O)cc2)C(=O)O1)C(=O)CC(C)(C)CC(C)(C)CN.O=Cc1ccc(Cl)s1. The number of thiophene rings is 1. The topological polar surface area (TPSA) is 122 Å². The third-order valence-corrected chi connectivity index (χ3v) is 8.24. The molecule has 2 aliphatic heterocycles. The Kier molecular flexibility index (Phi) is 11.5. The van der Waals surface area contributed by atoms with E-state index in [1.165, 1.54) is 11.3 Å². The molecule has 2 aliphatic rings. The molecule has 3 amide bonds. The second kappa shape index (κ2) is 14.5. The smallest absolute Gasteiger partial charge is 0.414 e. The third-order valence-electron chi connectivity index (χ3n) is 7.09. The van der Waals surface area contributed by atoms with E-state index in [0.29, 0.717) is 54.1 Å².